The number of methoxy groups -OCH3 is 1. The molecule has 0 radical (unpaired) electrons. The van der Waals surface area contributed by atoms with Gasteiger partial charge in [0, 0.05) is 31.7 Å². The highest BCUT2D eigenvalue weighted by molar-refractivity contribution is 5.79. The monoisotopic (exact) mass is 503 g/mol. The standard InChI is InChI=1S/C29H37N5O3/c1-21-5-3-6-23(17-21)19-33-15-12-22(13-16-33)18-30-28(35)25-7-4-14-34(20-25)29-31-27(32-37-29)24-8-10-26(36-2)11-9-24/h3,5-6,8-11,17,22,25H,4,7,12-16,18-20H2,1-2H3,(H,30,35)/t25-/m0/s1. The van der Waals surface area contributed by atoms with Crippen molar-refractivity contribution >= 4 is 11.9 Å². The summed E-state index contributed by atoms with van der Waals surface area (Å²) in [5, 5.41) is 7.39. The van der Waals surface area contributed by atoms with Gasteiger partial charge in [0.15, 0.2) is 0 Å². The molecule has 1 aromatic heterocycles. The van der Waals surface area contributed by atoms with Crippen LogP contribution in [0.1, 0.15) is 36.8 Å². The van der Waals surface area contributed by atoms with Gasteiger partial charge in [-0.1, -0.05) is 35.0 Å². The van der Waals surface area contributed by atoms with Crippen LogP contribution in [0.2, 0.25) is 0 Å². The normalized spacial score (nSPS) is 19.1. The predicted octanol–water partition coefficient (Wildman–Crippen LogP) is 4.30. The molecule has 0 unspecified atom stereocenters. The van der Waals surface area contributed by atoms with Crippen molar-refractivity contribution in [2.75, 3.05) is 44.7 Å². The van der Waals surface area contributed by atoms with Crippen molar-refractivity contribution < 1.29 is 14.1 Å². The van der Waals surface area contributed by atoms with Crippen molar-refractivity contribution in [3.8, 4) is 17.1 Å². The molecule has 0 bridgehead atoms. The van der Waals surface area contributed by atoms with Crippen LogP contribution in [-0.2, 0) is 11.3 Å². The van der Waals surface area contributed by atoms with E-state index in [-0.39, 0.29) is 11.8 Å². The van der Waals surface area contributed by atoms with E-state index < -0.39 is 0 Å². The average molecular weight is 504 g/mol. The molecule has 2 fully saturated rings. The first-order valence-electron chi connectivity index (χ1n) is 13.4. The van der Waals surface area contributed by atoms with Gasteiger partial charge in [0.25, 0.3) is 0 Å². The Hall–Kier alpha value is -3.39. The zero-order valence-electron chi connectivity index (χ0n) is 21.9. The SMILES string of the molecule is COc1ccc(-c2noc(N3CCC[C@H](C(=O)NCC4CCN(Cc5cccc(C)c5)CC4)C3)n2)cc1. The molecule has 3 heterocycles. The number of ether oxygens (including phenoxy) is 1. The van der Waals surface area contributed by atoms with Crippen LogP contribution in [0, 0.1) is 18.8 Å². The van der Waals surface area contributed by atoms with Gasteiger partial charge in [-0.25, -0.2) is 0 Å². The number of amides is 1. The summed E-state index contributed by atoms with van der Waals surface area (Å²) in [6.45, 7) is 7.49. The van der Waals surface area contributed by atoms with Gasteiger partial charge in [0.2, 0.25) is 11.7 Å². The number of piperidine rings is 2. The summed E-state index contributed by atoms with van der Waals surface area (Å²) in [6.07, 6.45) is 4.06. The zero-order valence-corrected chi connectivity index (χ0v) is 21.9. The quantitative estimate of drug-likeness (QED) is 0.491. The third-order valence-corrected chi connectivity index (χ3v) is 7.59. The van der Waals surface area contributed by atoms with E-state index in [0.29, 0.717) is 24.3 Å². The molecule has 8 nitrogen and oxygen atoms in total. The fraction of sp³-hybridized carbons (Fsp3) is 0.483. The summed E-state index contributed by atoms with van der Waals surface area (Å²) in [5.41, 5.74) is 3.56. The summed E-state index contributed by atoms with van der Waals surface area (Å²) in [5.74, 6) is 1.94. The Morgan fingerprint density at radius 2 is 1.92 bits per heavy atom. The lowest BCUT2D eigenvalue weighted by molar-refractivity contribution is -0.125. The Labute approximate surface area is 219 Å². The van der Waals surface area contributed by atoms with E-state index in [2.05, 4.69) is 51.5 Å². The first kappa shape index (κ1) is 25.3. The van der Waals surface area contributed by atoms with Crippen LogP contribution in [0.15, 0.2) is 53.1 Å². The molecule has 3 aromatic rings. The van der Waals surface area contributed by atoms with Gasteiger partial charge in [0.05, 0.1) is 13.0 Å². The molecule has 0 saturated carbocycles. The Balaban J connectivity index is 1.08. The molecule has 196 valence electrons. The van der Waals surface area contributed by atoms with E-state index in [9.17, 15) is 4.79 Å². The lowest BCUT2D eigenvalue weighted by Gasteiger charge is -2.33. The van der Waals surface area contributed by atoms with Crippen LogP contribution in [0.5, 0.6) is 5.75 Å². The second kappa shape index (κ2) is 11.8. The molecule has 2 aromatic carbocycles. The van der Waals surface area contributed by atoms with Crippen molar-refractivity contribution in [3.63, 3.8) is 0 Å². The van der Waals surface area contributed by atoms with Crippen molar-refractivity contribution in [2.24, 2.45) is 11.8 Å². The summed E-state index contributed by atoms with van der Waals surface area (Å²) < 4.78 is 10.8. The molecular weight excluding hydrogens is 466 g/mol. The molecule has 1 atom stereocenters. The highest BCUT2D eigenvalue weighted by atomic mass is 16.5. The Bertz CT molecular complexity index is 1170. The number of nitrogens with zero attached hydrogens (tertiary/aromatic N) is 4. The van der Waals surface area contributed by atoms with Crippen LogP contribution in [0.3, 0.4) is 0 Å². The number of carbonyl (C=O) groups excluding carboxylic acids is 1. The van der Waals surface area contributed by atoms with Gasteiger partial charge in [-0.15, -0.1) is 0 Å². The largest absolute Gasteiger partial charge is 0.497 e. The third kappa shape index (κ3) is 6.49. The van der Waals surface area contributed by atoms with Gasteiger partial charge < -0.3 is 19.5 Å². The van der Waals surface area contributed by atoms with E-state index in [1.807, 2.05) is 29.2 Å². The van der Waals surface area contributed by atoms with E-state index in [4.69, 9.17) is 9.26 Å². The number of hydrogen-bond donors (Lipinski definition) is 1. The first-order valence-corrected chi connectivity index (χ1v) is 13.4. The lowest BCUT2D eigenvalue weighted by atomic mass is 9.94. The molecule has 1 amide bonds. The Morgan fingerprint density at radius 1 is 1.11 bits per heavy atom. The maximum atomic E-state index is 13.0. The maximum Gasteiger partial charge on any atom is 0.324 e. The topological polar surface area (TPSA) is 83.7 Å². The van der Waals surface area contributed by atoms with Crippen LogP contribution >= 0.6 is 0 Å². The van der Waals surface area contributed by atoms with Crippen LogP contribution in [0.4, 0.5) is 6.01 Å². The molecule has 0 spiro atoms. The third-order valence-electron chi connectivity index (χ3n) is 7.59. The van der Waals surface area contributed by atoms with Crippen molar-refractivity contribution in [3.05, 3.63) is 59.7 Å². The smallest absolute Gasteiger partial charge is 0.324 e. The summed E-state index contributed by atoms with van der Waals surface area (Å²) >= 11 is 0. The Morgan fingerprint density at radius 3 is 2.68 bits per heavy atom. The number of rotatable bonds is 8. The second-order valence-electron chi connectivity index (χ2n) is 10.4. The maximum absolute atomic E-state index is 13.0. The fourth-order valence-electron chi connectivity index (χ4n) is 5.37. The van der Waals surface area contributed by atoms with Gasteiger partial charge in [-0.05, 0) is 81.4 Å². The fourth-order valence-corrected chi connectivity index (χ4v) is 5.37. The van der Waals surface area contributed by atoms with Crippen LogP contribution in [-0.4, -0.2) is 60.8 Å². The summed E-state index contributed by atoms with van der Waals surface area (Å²) in [4.78, 5) is 22.2. The van der Waals surface area contributed by atoms with E-state index in [1.54, 1.807) is 7.11 Å². The summed E-state index contributed by atoms with van der Waals surface area (Å²) in [6, 6.07) is 16.8. The molecular formula is C29H37N5O3. The first-order chi connectivity index (χ1) is 18.1. The minimum atomic E-state index is -0.0634. The van der Waals surface area contributed by atoms with Crippen LogP contribution < -0.4 is 15.0 Å². The molecule has 0 aliphatic carbocycles. The molecule has 2 aliphatic rings. The summed E-state index contributed by atoms with van der Waals surface area (Å²) in [7, 11) is 1.64. The molecule has 2 aliphatic heterocycles. The van der Waals surface area contributed by atoms with E-state index in [0.717, 1.165) is 69.7 Å². The highest BCUT2D eigenvalue weighted by Crippen LogP contribution is 2.26. The number of carbonyl (C=O) groups is 1. The molecule has 1 N–H and O–H groups in total. The Kier molecular flexibility index (Phi) is 8.04. The molecule has 37 heavy (non-hydrogen) atoms. The van der Waals surface area contributed by atoms with E-state index >= 15 is 0 Å². The molecule has 5 rings (SSSR count). The average Bonchev–Trinajstić information content (AvgIpc) is 3.43. The molecule has 2 saturated heterocycles. The zero-order chi connectivity index (χ0) is 25.6. The highest BCUT2D eigenvalue weighted by Gasteiger charge is 2.29. The number of nitrogens with one attached hydrogen (secondary N) is 1. The minimum Gasteiger partial charge on any atom is -0.497 e. The van der Waals surface area contributed by atoms with Crippen molar-refractivity contribution in [1.82, 2.24) is 20.4 Å². The number of anilines is 1. The van der Waals surface area contributed by atoms with Crippen molar-refractivity contribution in [1.29, 1.82) is 0 Å². The second-order valence-corrected chi connectivity index (χ2v) is 10.4. The van der Waals surface area contributed by atoms with Crippen molar-refractivity contribution in [2.45, 2.75) is 39.2 Å². The van der Waals surface area contributed by atoms with E-state index in [1.165, 1.54) is 11.1 Å². The number of benzene rings is 2. The van der Waals surface area contributed by atoms with Gasteiger partial charge in [0.1, 0.15) is 5.75 Å². The van der Waals surface area contributed by atoms with Gasteiger partial charge in [-0.2, -0.15) is 4.98 Å². The van der Waals surface area contributed by atoms with Crippen LogP contribution in [0.25, 0.3) is 11.4 Å². The number of hydrogen-bond acceptors (Lipinski definition) is 7. The van der Waals surface area contributed by atoms with Gasteiger partial charge >= 0.3 is 6.01 Å². The lowest BCUT2D eigenvalue weighted by Crippen LogP contribution is -2.45. The molecule has 8 heteroatoms. The predicted molar refractivity (Wildman–Crippen MR) is 143 cm³/mol. The number of likely N-dealkylation sites (tertiary alicyclic amines) is 1. The number of aryl methyl sites for hydroxylation is 1. The van der Waals surface area contributed by atoms with Gasteiger partial charge in [-0.3, -0.25) is 9.69 Å². The minimum absolute atomic E-state index is 0.0634. The number of aromatic nitrogens is 2.